The highest BCUT2D eigenvalue weighted by molar-refractivity contribution is 5.96. The molecule has 1 aromatic heterocycles. The Morgan fingerprint density at radius 1 is 1.65 bits per heavy atom. The van der Waals surface area contributed by atoms with E-state index in [9.17, 15) is 4.79 Å². The Morgan fingerprint density at radius 3 is 2.88 bits per heavy atom. The molecule has 0 radical (unpaired) electrons. The summed E-state index contributed by atoms with van der Waals surface area (Å²) in [7, 11) is 1.63. The first-order chi connectivity index (χ1) is 8.06. The predicted octanol–water partition coefficient (Wildman–Crippen LogP) is 0.812. The van der Waals surface area contributed by atoms with Gasteiger partial charge in [-0.2, -0.15) is 5.10 Å². The minimum Gasteiger partial charge on any atom is -0.396 e. The fourth-order valence-electron chi connectivity index (χ4n) is 1.35. The molecule has 0 aromatic carbocycles. The van der Waals surface area contributed by atoms with Gasteiger partial charge in [0, 0.05) is 32.5 Å². The third-order valence-electron chi connectivity index (χ3n) is 2.32. The SMILES string of the molecule is COCCCNC(=O)c1nn(C(C)C)cc1N. The molecule has 3 N–H and O–H groups in total. The lowest BCUT2D eigenvalue weighted by Gasteiger charge is -2.04. The molecule has 0 spiro atoms. The third kappa shape index (κ3) is 3.74. The van der Waals surface area contributed by atoms with E-state index in [-0.39, 0.29) is 17.6 Å². The van der Waals surface area contributed by atoms with Crippen LogP contribution < -0.4 is 11.1 Å². The molecule has 17 heavy (non-hydrogen) atoms. The molecule has 6 heteroatoms. The number of nitrogens with two attached hydrogens (primary N) is 1. The maximum absolute atomic E-state index is 11.8. The van der Waals surface area contributed by atoms with Crippen molar-refractivity contribution in [3.63, 3.8) is 0 Å². The van der Waals surface area contributed by atoms with E-state index < -0.39 is 0 Å². The molecule has 0 aliphatic carbocycles. The van der Waals surface area contributed by atoms with E-state index in [4.69, 9.17) is 10.5 Å². The van der Waals surface area contributed by atoms with Gasteiger partial charge in [-0.05, 0) is 20.3 Å². The minimum absolute atomic E-state index is 0.187. The van der Waals surface area contributed by atoms with Crippen LogP contribution in [0.4, 0.5) is 5.69 Å². The quantitative estimate of drug-likeness (QED) is 0.721. The van der Waals surface area contributed by atoms with Gasteiger partial charge in [-0.1, -0.05) is 0 Å². The zero-order valence-electron chi connectivity index (χ0n) is 10.6. The zero-order valence-corrected chi connectivity index (χ0v) is 10.6. The molecule has 0 saturated heterocycles. The van der Waals surface area contributed by atoms with E-state index in [1.165, 1.54) is 0 Å². The number of nitrogens with zero attached hydrogens (tertiary/aromatic N) is 2. The van der Waals surface area contributed by atoms with Gasteiger partial charge in [-0.3, -0.25) is 9.48 Å². The van der Waals surface area contributed by atoms with Crippen molar-refractivity contribution >= 4 is 11.6 Å². The van der Waals surface area contributed by atoms with Crippen molar-refractivity contribution in [2.45, 2.75) is 26.3 Å². The van der Waals surface area contributed by atoms with Crippen molar-refractivity contribution in [2.75, 3.05) is 26.0 Å². The highest BCUT2D eigenvalue weighted by Gasteiger charge is 2.15. The summed E-state index contributed by atoms with van der Waals surface area (Å²) in [4.78, 5) is 11.8. The van der Waals surface area contributed by atoms with Crippen molar-refractivity contribution < 1.29 is 9.53 Å². The maximum atomic E-state index is 11.8. The number of anilines is 1. The smallest absolute Gasteiger partial charge is 0.273 e. The Hall–Kier alpha value is -1.56. The van der Waals surface area contributed by atoms with Gasteiger partial charge >= 0.3 is 0 Å². The lowest BCUT2D eigenvalue weighted by Crippen LogP contribution is -2.26. The van der Waals surface area contributed by atoms with Gasteiger partial charge in [-0.15, -0.1) is 0 Å². The number of carbonyl (C=O) groups excluding carboxylic acids is 1. The van der Waals surface area contributed by atoms with Crippen LogP contribution in [-0.2, 0) is 4.74 Å². The molecule has 96 valence electrons. The van der Waals surface area contributed by atoms with Crippen LogP contribution in [0.2, 0.25) is 0 Å². The third-order valence-corrected chi connectivity index (χ3v) is 2.32. The summed E-state index contributed by atoms with van der Waals surface area (Å²) in [5.41, 5.74) is 6.44. The number of hydrogen-bond donors (Lipinski definition) is 2. The standard InChI is InChI=1S/C11H20N4O2/c1-8(2)15-7-9(12)10(14-15)11(16)13-5-4-6-17-3/h7-8H,4-6,12H2,1-3H3,(H,13,16). The topological polar surface area (TPSA) is 82.2 Å². The summed E-state index contributed by atoms with van der Waals surface area (Å²) in [6, 6.07) is 0.187. The molecule has 1 aromatic rings. The number of nitrogens with one attached hydrogen (secondary N) is 1. The summed E-state index contributed by atoms with van der Waals surface area (Å²) in [5.74, 6) is -0.238. The Balaban J connectivity index is 2.56. The second-order valence-corrected chi connectivity index (χ2v) is 4.11. The molecule has 0 aliphatic heterocycles. The Morgan fingerprint density at radius 2 is 2.35 bits per heavy atom. The first-order valence-electron chi connectivity index (χ1n) is 5.68. The van der Waals surface area contributed by atoms with E-state index in [0.717, 1.165) is 6.42 Å². The lowest BCUT2D eigenvalue weighted by molar-refractivity contribution is 0.0943. The number of hydrogen-bond acceptors (Lipinski definition) is 4. The van der Waals surface area contributed by atoms with Crippen molar-refractivity contribution in [1.82, 2.24) is 15.1 Å². The molecule has 0 atom stereocenters. The molecule has 6 nitrogen and oxygen atoms in total. The van der Waals surface area contributed by atoms with Crippen molar-refractivity contribution in [3.8, 4) is 0 Å². The Bertz CT molecular complexity index is 374. The van der Waals surface area contributed by atoms with Crippen molar-refractivity contribution in [3.05, 3.63) is 11.9 Å². The van der Waals surface area contributed by atoms with Gasteiger partial charge in [0.25, 0.3) is 5.91 Å². The number of nitrogen functional groups attached to an aromatic ring is 1. The number of methoxy groups -OCH3 is 1. The lowest BCUT2D eigenvalue weighted by atomic mass is 10.3. The maximum Gasteiger partial charge on any atom is 0.273 e. The first-order valence-corrected chi connectivity index (χ1v) is 5.68. The molecule has 0 fully saturated rings. The number of rotatable bonds is 6. The fourth-order valence-corrected chi connectivity index (χ4v) is 1.35. The summed E-state index contributed by atoms with van der Waals surface area (Å²) in [6.45, 7) is 5.14. The molecule has 0 unspecified atom stereocenters. The average Bonchev–Trinajstić information content (AvgIpc) is 2.67. The van der Waals surface area contributed by atoms with Gasteiger partial charge < -0.3 is 15.8 Å². The van der Waals surface area contributed by atoms with Crippen LogP contribution in [0, 0.1) is 0 Å². The van der Waals surface area contributed by atoms with Crippen LogP contribution in [0.25, 0.3) is 0 Å². The van der Waals surface area contributed by atoms with E-state index in [2.05, 4.69) is 10.4 Å². The largest absolute Gasteiger partial charge is 0.396 e. The van der Waals surface area contributed by atoms with Gasteiger partial charge in [-0.25, -0.2) is 0 Å². The summed E-state index contributed by atoms with van der Waals surface area (Å²) >= 11 is 0. The number of amides is 1. The zero-order chi connectivity index (χ0) is 12.8. The van der Waals surface area contributed by atoms with Crippen LogP contribution in [-0.4, -0.2) is 35.9 Å². The fraction of sp³-hybridized carbons (Fsp3) is 0.636. The molecule has 1 rings (SSSR count). The number of ether oxygens (including phenoxy) is 1. The summed E-state index contributed by atoms with van der Waals surface area (Å²) < 4.78 is 6.57. The van der Waals surface area contributed by atoms with Crippen LogP contribution >= 0.6 is 0 Å². The van der Waals surface area contributed by atoms with Crippen LogP contribution in [0.1, 0.15) is 36.8 Å². The Kier molecular flexibility index (Phi) is 4.96. The molecule has 0 aliphatic rings. The highest BCUT2D eigenvalue weighted by Crippen LogP contribution is 2.12. The molecular weight excluding hydrogens is 220 g/mol. The summed E-state index contributed by atoms with van der Waals surface area (Å²) in [6.07, 6.45) is 2.45. The first kappa shape index (κ1) is 13.5. The monoisotopic (exact) mass is 240 g/mol. The van der Waals surface area contributed by atoms with Crippen LogP contribution in [0.5, 0.6) is 0 Å². The average molecular weight is 240 g/mol. The molecule has 0 bridgehead atoms. The van der Waals surface area contributed by atoms with Crippen molar-refractivity contribution in [1.29, 1.82) is 0 Å². The van der Waals surface area contributed by atoms with Gasteiger partial charge in [0.05, 0.1) is 5.69 Å². The van der Waals surface area contributed by atoms with Gasteiger partial charge in [0.15, 0.2) is 5.69 Å². The summed E-state index contributed by atoms with van der Waals surface area (Å²) in [5, 5.41) is 6.91. The number of aromatic nitrogens is 2. The highest BCUT2D eigenvalue weighted by atomic mass is 16.5. The molecular formula is C11H20N4O2. The molecule has 0 saturated carbocycles. The van der Waals surface area contributed by atoms with E-state index >= 15 is 0 Å². The van der Waals surface area contributed by atoms with Gasteiger partial charge in [0.2, 0.25) is 0 Å². The normalized spacial score (nSPS) is 10.8. The van der Waals surface area contributed by atoms with E-state index in [1.807, 2.05) is 13.8 Å². The van der Waals surface area contributed by atoms with E-state index in [1.54, 1.807) is 18.0 Å². The minimum atomic E-state index is -0.238. The predicted molar refractivity (Wildman–Crippen MR) is 65.9 cm³/mol. The van der Waals surface area contributed by atoms with Crippen molar-refractivity contribution in [2.24, 2.45) is 0 Å². The van der Waals surface area contributed by atoms with E-state index in [0.29, 0.717) is 18.8 Å². The van der Waals surface area contributed by atoms with Crippen LogP contribution in [0.3, 0.4) is 0 Å². The number of carbonyl (C=O) groups is 1. The molecule has 1 amide bonds. The molecule has 1 heterocycles. The second-order valence-electron chi connectivity index (χ2n) is 4.11. The Labute approximate surface area is 101 Å². The van der Waals surface area contributed by atoms with Gasteiger partial charge in [0.1, 0.15) is 0 Å². The van der Waals surface area contributed by atoms with Crippen LogP contribution in [0.15, 0.2) is 6.20 Å². The second kappa shape index (κ2) is 6.24.